The minimum Gasteiger partial charge on any atom is -0.457 e. The van der Waals surface area contributed by atoms with Gasteiger partial charge in [-0.1, -0.05) is 36.7 Å². The van der Waals surface area contributed by atoms with E-state index >= 15 is 0 Å². The maximum Gasteiger partial charge on any atom is 0.131 e. The quantitative estimate of drug-likeness (QED) is 0.869. The molecule has 2 aromatic rings. The first-order valence-electron chi connectivity index (χ1n) is 6.01. The van der Waals surface area contributed by atoms with Gasteiger partial charge in [0.15, 0.2) is 0 Å². The van der Waals surface area contributed by atoms with Gasteiger partial charge >= 0.3 is 0 Å². The molecular weight excluding hydrogens is 246 g/mol. The zero-order chi connectivity index (χ0) is 12.8. The van der Waals surface area contributed by atoms with Crippen LogP contribution in [0, 0.1) is 0 Å². The smallest absolute Gasteiger partial charge is 0.131 e. The van der Waals surface area contributed by atoms with Crippen molar-refractivity contribution < 1.29 is 4.74 Å². The highest BCUT2D eigenvalue weighted by molar-refractivity contribution is 6.30. The summed E-state index contributed by atoms with van der Waals surface area (Å²) in [6.07, 6.45) is 0. The van der Waals surface area contributed by atoms with E-state index in [1.54, 1.807) is 0 Å². The molecule has 0 amide bonds. The van der Waals surface area contributed by atoms with Crippen molar-refractivity contribution in [2.45, 2.75) is 13.5 Å². The fraction of sp³-hybridized carbons (Fsp3) is 0.200. The van der Waals surface area contributed by atoms with Crippen LogP contribution in [0.4, 0.5) is 0 Å². The first kappa shape index (κ1) is 12.9. The van der Waals surface area contributed by atoms with Crippen LogP contribution < -0.4 is 10.1 Å². The zero-order valence-electron chi connectivity index (χ0n) is 10.3. The predicted molar refractivity (Wildman–Crippen MR) is 75.3 cm³/mol. The van der Waals surface area contributed by atoms with E-state index in [9.17, 15) is 0 Å². The van der Waals surface area contributed by atoms with E-state index in [4.69, 9.17) is 16.3 Å². The van der Waals surface area contributed by atoms with Gasteiger partial charge in [-0.05, 0) is 36.9 Å². The molecule has 0 saturated carbocycles. The van der Waals surface area contributed by atoms with E-state index in [0.717, 1.165) is 30.2 Å². The number of rotatable bonds is 5. The van der Waals surface area contributed by atoms with E-state index in [0.29, 0.717) is 5.02 Å². The first-order chi connectivity index (χ1) is 8.79. The van der Waals surface area contributed by atoms with Gasteiger partial charge in [0, 0.05) is 17.1 Å². The molecule has 0 aliphatic heterocycles. The highest BCUT2D eigenvalue weighted by Gasteiger charge is 2.03. The van der Waals surface area contributed by atoms with Gasteiger partial charge in [-0.15, -0.1) is 0 Å². The Morgan fingerprint density at radius 1 is 1.06 bits per heavy atom. The lowest BCUT2D eigenvalue weighted by atomic mass is 10.2. The standard InChI is InChI=1S/C15H16ClNO/c1-2-17-11-12-5-3-4-6-15(12)18-14-9-7-13(16)8-10-14/h3-10,17H,2,11H2,1H3. The summed E-state index contributed by atoms with van der Waals surface area (Å²) >= 11 is 5.85. The maximum atomic E-state index is 5.86. The number of para-hydroxylation sites is 1. The Morgan fingerprint density at radius 3 is 2.50 bits per heavy atom. The maximum absolute atomic E-state index is 5.86. The van der Waals surface area contributed by atoms with Crippen molar-refractivity contribution in [1.82, 2.24) is 5.32 Å². The number of hydrogen-bond donors (Lipinski definition) is 1. The van der Waals surface area contributed by atoms with Crippen LogP contribution in [0.1, 0.15) is 12.5 Å². The van der Waals surface area contributed by atoms with E-state index < -0.39 is 0 Å². The second-order valence-electron chi connectivity index (χ2n) is 3.94. The number of hydrogen-bond acceptors (Lipinski definition) is 2. The summed E-state index contributed by atoms with van der Waals surface area (Å²) in [4.78, 5) is 0. The van der Waals surface area contributed by atoms with Crippen LogP contribution >= 0.6 is 11.6 Å². The van der Waals surface area contributed by atoms with Crippen molar-refractivity contribution in [2.75, 3.05) is 6.54 Å². The monoisotopic (exact) mass is 261 g/mol. The molecule has 1 N–H and O–H groups in total. The van der Waals surface area contributed by atoms with Crippen molar-refractivity contribution in [3.05, 3.63) is 59.1 Å². The molecule has 2 rings (SSSR count). The van der Waals surface area contributed by atoms with Crippen molar-refractivity contribution in [3.63, 3.8) is 0 Å². The number of benzene rings is 2. The van der Waals surface area contributed by atoms with Gasteiger partial charge in [0.25, 0.3) is 0 Å². The zero-order valence-corrected chi connectivity index (χ0v) is 11.1. The fourth-order valence-corrected chi connectivity index (χ4v) is 1.76. The molecule has 0 atom stereocenters. The molecule has 0 heterocycles. The average Bonchev–Trinajstić information content (AvgIpc) is 2.40. The summed E-state index contributed by atoms with van der Waals surface area (Å²) < 4.78 is 5.86. The topological polar surface area (TPSA) is 21.3 Å². The molecule has 2 aromatic carbocycles. The molecule has 0 saturated heterocycles. The molecule has 0 bridgehead atoms. The van der Waals surface area contributed by atoms with Gasteiger partial charge in [-0.3, -0.25) is 0 Å². The summed E-state index contributed by atoms with van der Waals surface area (Å²) in [6, 6.07) is 15.4. The Labute approximate surface area is 113 Å². The third-order valence-electron chi connectivity index (χ3n) is 2.58. The second kappa shape index (κ2) is 6.43. The van der Waals surface area contributed by atoms with Gasteiger partial charge in [-0.2, -0.15) is 0 Å². The molecule has 18 heavy (non-hydrogen) atoms. The molecule has 0 radical (unpaired) electrons. The van der Waals surface area contributed by atoms with E-state index in [1.807, 2.05) is 42.5 Å². The lowest BCUT2D eigenvalue weighted by molar-refractivity contribution is 0.473. The number of ether oxygens (including phenoxy) is 1. The van der Waals surface area contributed by atoms with Gasteiger partial charge in [0.05, 0.1) is 0 Å². The minimum absolute atomic E-state index is 0.711. The van der Waals surface area contributed by atoms with E-state index in [1.165, 1.54) is 0 Å². The van der Waals surface area contributed by atoms with Crippen LogP contribution in [0.5, 0.6) is 11.5 Å². The van der Waals surface area contributed by atoms with Gasteiger partial charge < -0.3 is 10.1 Å². The lowest BCUT2D eigenvalue weighted by Gasteiger charge is -2.11. The van der Waals surface area contributed by atoms with Crippen LogP contribution in [-0.2, 0) is 6.54 Å². The summed E-state index contributed by atoms with van der Waals surface area (Å²) in [6.45, 7) is 3.83. The van der Waals surface area contributed by atoms with Gasteiger partial charge in [0.1, 0.15) is 11.5 Å². The molecule has 0 fully saturated rings. The minimum atomic E-state index is 0.711. The Hall–Kier alpha value is -1.51. The molecule has 0 spiro atoms. The summed E-state index contributed by atoms with van der Waals surface area (Å²) in [5.74, 6) is 1.67. The van der Waals surface area contributed by atoms with E-state index in [-0.39, 0.29) is 0 Å². The molecule has 94 valence electrons. The Morgan fingerprint density at radius 2 is 1.78 bits per heavy atom. The third kappa shape index (κ3) is 3.49. The highest BCUT2D eigenvalue weighted by atomic mass is 35.5. The Kier molecular flexibility index (Phi) is 4.62. The normalized spacial score (nSPS) is 10.3. The highest BCUT2D eigenvalue weighted by Crippen LogP contribution is 2.26. The van der Waals surface area contributed by atoms with Crippen LogP contribution in [-0.4, -0.2) is 6.54 Å². The van der Waals surface area contributed by atoms with Crippen LogP contribution in [0.3, 0.4) is 0 Å². The Balaban J connectivity index is 2.15. The molecular formula is C15H16ClNO. The third-order valence-corrected chi connectivity index (χ3v) is 2.83. The summed E-state index contributed by atoms with van der Waals surface area (Å²) in [7, 11) is 0. The van der Waals surface area contributed by atoms with Crippen molar-refractivity contribution in [2.24, 2.45) is 0 Å². The summed E-state index contributed by atoms with van der Waals surface area (Å²) in [5, 5.41) is 4.01. The van der Waals surface area contributed by atoms with Crippen molar-refractivity contribution in [1.29, 1.82) is 0 Å². The SMILES string of the molecule is CCNCc1ccccc1Oc1ccc(Cl)cc1. The van der Waals surface area contributed by atoms with E-state index in [2.05, 4.69) is 18.3 Å². The molecule has 0 aromatic heterocycles. The predicted octanol–water partition coefficient (Wildman–Crippen LogP) is 4.24. The molecule has 0 unspecified atom stereocenters. The Bertz CT molecular complexity index is 496. The van der Waals surface area contributed by atoms with Crippen LogP contribution in [0.25, 0.3) is 0 Å². The largest absolute Gasteiger partial charge is 0.457 e. The second-order valence-corrected chi connectivity index (χ2v) is 4.38. The fourth-order valence-electron chi connectivity index (χ4n) is 1.64. The van der Waals surface area contributed by atoms with Crippen molar-refractivity contribution >= 4 is 11.6 Å². The summed E-state index contributed by atoms with van der Waals surface area (Å²) in [5.41, 5.74) is 1.15. The van der Waals surface area contributed by atoms with Crippen LogP contribution in [0.15, 0.2) is 48.5 Å². The molecule has 3 heteroatoms. The molecule has 0 aliphatic carbocycles. The molecule has 2 nitrogen and oxygen atoms in total. The van der Waals surface area contributed by atoms with Gasteiger partial charge in [-0.25, -0.2) is 0 Å². The van der Waals surface area contributed by atoms with Crippen molar-refractivity contribution in [3.8, 4) is 11.5 Å². The average molecular weight is 262 g/mol. The molecule has 0 aliphatic rings. The van der Waals surface area contributed by atoms with Gasteiger partial charge in [0.2, 0.25) is 0 Å². The van der Waals surface area contributed by atoms with Crippen LogP contribution in [0.2, 0.25) is 5.02 Å². The lowest BCUT2D eigenvalue weighted by Crippen LogP contribution is -2.12. The first-order valence-corrected chi connectivity index (χ1v) is 6.39. The number of halogens is 1. The number of nitrogens with one attached hydrogen (secondary N) is 1.